The Bertz CT molecular complexity index is 1630. The molecule has 6 amide bonds. The Kier molecular flexibility index (Phi) is 22.3. The van der Waals surface area contributed by atoms with Gasteiger partial charge in [-0.2, -0.15) is 0 Å². The summed E-state index contributed by atoms with van der Waals surface area (Å²) in [4.78, 5) is 99.3. The molecule has 0 unspecified atom stereocenters. The van der Waals surface area contributed by atoms with E-state index < -0.39 is 90.2 Å². The van der Waals surface area contributed by atoms with Gasteiger partial charge in [-0.25, -0.2) is 4.79 Å². The second-order valence-corrected chi connectivity index (χ2v) is 14.0. The molecule has 0 saturated heterocycles. The van der Waals surface area contributed by atoms with Gasteiger partial charge < -0.3 is 76.3 Å². The molecule has 330 valence electrons. The third-order valence-corrected chi connectivity index (χ3v) is 9.08. The average molecular weight is 836 g/mol. The number of nitrogens with one attached hydrogen (secondary N) is 5. The molecule has 23 nitrogen and oxygen atoms in total. The van der Waals surface area contributed by atoms with Crippen LogP contribution in [0.15, 0.2) is 34.3 Å². The van der Waals surface area contributed by atoms with Crippen molar-refractivity contribution in [1.82, 2.24) is 26.6 Å². The Hall–Kier alpha value is -6.23. The van der Waals surface area contributed by atoms with E-state index in [1.54, 1.807) is 6.92 Å². The number of aliphatic hydroxyl groups is 1. The van der Waals surface area contributed by atoms with E-state index in [1.165, 1.54) is 31.2 Å². The van der Waals surface area contributed by atoms with Crippen LogP contribution in [0.4, 0.5) is 0 Å². The number of phenolic OH excluding ortho intramolecular Hbond substituents is 1. The van der Waals surface area contributed by atoms with Gasteiger partial charge in [0.2, 0.25) is 35.4 Å². The number of hydrogen-bond acceptors (Lipinski definition) is 12. The van der Waals surface area contributed by atoms with Gasteiger partial charge in [-0.05, 0) is 62.6 Å². The molecule has 8 atom stereocenters. The molecule has 0 spiro atoms. The number of primary amides is 1. The minimum Gasteiger partial charge on any atom is -0.508 e. The largest absolute Gasteiger partial charge is 0.508 e. The van der Waals surface area contributed by atoms with Crippen LogP contribution in [-0.4, -0.2) is 124 Å². The molecule has 0 saturated carbocycles. The van der Waals surface area contributed by atoms with Gasteiger partial charge in [0.25, 0.3) is 0 Å². The maximum atomic E-state index is 13.9. The summed E-state index contributed by atoms with van der Waals surface area (Å²) < 4.78 is 0. The molecule has 0 fully saturated rings. The van der Waals surface area contributed by atoms with Gasteiger partial charge in [-0.1, -0.05) is 32.4 Å². The number of guanidine groups is 2. The van der Waals surface area contributed by atoms with Crippen molar-refractivity contribution in [1.29, 1.82) is 0 Å². The Labute approximate surface area is 341 Å². The SMILES string of the molecule is CC[C@H](C)[C@H](N)C(=O)N[C@H](C(=O)N[C@@H](CCCN=C(N)N)C(=O)N[C@@H](CCC(N)=O)C(=O)N[C@@H](CCCN=C(N)N)C(=O)N[C@@H](Cc1ccc(O)cc1)C(=O)O)[C@@H](C)O. The molecule has 0 aromatic heterocycles. The van der Waals surface area contributed by atoms with Crippen LogP contribution in [0, 0.1) is 5.92 Å². The molecule has 0 aliphatic rings. The average Bonchev–Trinajstić information content (AvgIpc) is 3.16. The van der Waals surface area contributed by atoms with Crippen molar-refractivity contribution in [2.24, 2.45) is 50.3 Å². The number of carboxylic acids is 1. The first-order valence-electron chi connectivity index (χ1n) is 19.0. The number of carbonyl (C=O) groups excluding carboxylic acids is 6. The highest BCUT2D eigenvalue weighted by molar-refractivity contribution is 5.96. The standard InChI is InChI=1S/C36H61N13O10/c1-4-18(2)27(38)32(56)49-28(19(3)50)33(57)47-23(8-6-16-44-36(41)42)29(53)46-24(13-14-26(37)52)31(55)45-22(7-5-15-43-35(39)40)30(54)48-25(34(58)59)17-20-9-11-21(51)12-10-20/h9-12,18-19,22-25,27-28,50-51H,4-8,13-17,38H2,1-3H3,(H2,37,52)(H,45,55)(H,46,53)(H,47,57)(H,48,54)(H,49,56)(H,58,59)(H4,39,40,43)(H4,41,42,44)/t18-,19+,22-,23-,24-,25-,27-,28-/m0/s1. The molecule has 23 heteroatoms. The van der Waals surface area contributed by atoms with Crippen molar-refractivity contribution < 1.29 is 48.9 Å². The summed E-state index contributed by atoms with van der Waals surface area (Å²) in [5.74, 6) is -7.56. The number of hydrogen-bond donors (Lipinski definition) is 14. The van der Waals surface area contributed by atoms with E-state index in [1.807, 2.05) is 6.92 Å². The van der Waals surface area contributed by atoms with Crippen molar-refractivity contribution in [2.45, 2.75) is 114 Å². The molecule has 1 rings (SSSR count). The molecule has 1 aromatic rings. The normalized spacial score (nSPS) is 14.9. The second kappa shape index (κ2) is 25.9. The van der Waals surface area contributed by atoms with Gasteiger partial charge in [-0.3, -0.25) is 38.8 Å². The summed E-state index contributed by atoms with van der Waals surface area (Å²) in [6.45, 7) is 4.84. The number of nitrogens with two attached hydrogens (primary N) is 6. The molecular formula is C36H61N13O10. The van der Waals surface area contributed by atoms with Gasteiger partial charge in [0.15, 0.2) is 11.9 Å². The third kappa shape index (κ3) is 19.7. The van der Waals surface area contributed by atoms with Gasteiger partial charge in [0, 0.05) is 25.9 Å². The number of amides is 6. The first-order chi connectivity index (χ1) is 27.7. The first kappa shape index (κ1) is 50.8. The third-order valence-electron chi connectivity index (χ3n) is 9.08. The zero-order chi connectivity index (χ0) is 44.8. The Balaban J connectivity index is 3.43. The molecular weight excluding hydrogens is 774 g/mol. The zero-order valence-corrected chi connectivity index (χ0v) is 33.6. The van der Waals surface area contributed by atoms with Crippen LogP contribution >= 0.6 is 0 Å². The summed E-state index contributed by atoms with van der Waals surface area (Å²) in [5.41, 5.74) is 33.5. The van der Waals surface area contributed by atoms with Crippen LogP contribution in [0.3, 0.4) is 0 Å². The number of carboxylic acid groups (broad SMARTS) is 1. The fraction of sp³-hybridized carbons (Fsp3) is 0.583. The second-order valence-electron chi connectivity index (χ2n) is 14.0. The number of phenols is 1. The molecule has 0 bridgehead atoms. The van der Waals surface area contributed by atoms with Crippen LogP contribution in [0.1, 0.15) is 71.3 Å². The lowest BCUT2D eigenvalue weighted by atomic mass is 9.98. The van der Waals surface area contributed by atoms with E-state index in [9.17, 15) is 48.9 Å². The van der Waals surface area contributed by atoms with Crippen molar-refractivity contribution in [3.05, 3.63) is 29.8 Å². The lowest BCUT2D eigenvalue weighted by molar-refractivity contribution is -0.142. The van der Waals surface area contributed by atoms with Gasteiger partial charge in [0.1, 0.15) is 36.0 Å². The summed E-state index contributed by atoms with van der Waals surface area (Å²) in [7, 11) is 0. The van der Waals surface area contributed by atoms with Gasteiger partial charge in [0.05, 0.1) is 12.1 Å². The summed E-state index contributed by atoms with van der Waals surface area (Å²) >= 11 is 0. The lowest BCUT2D eigenvalue weighted by Crippen LogP contribution is -2.61. The molecule has 1 aromatic carbocycles. The lowest BCUT2D eigenvalue weighted by Gasteiger charge is -2.28. The van der Waals surface area contributed by atoms with E-state index in [2.05, 4.69) is 36.6 Å². The predicted molar refractivity (Wildman–Crippen MR) is 216 cm³/mol. The number of aliphatic hydroxyl groups excluding tert-OH is 1. The fourth-order valence-electron chi connectivity index (χ4n) is 5.41. The monoisotopic (exact) mass is 835 g/mol. The highest BCUT2D eigenvalue weighted by atomic mass is 16.4. The highest BCUT2D eigenvalue weighted by Crippen LogP contribution is 2.13. The van der Waals surface area contributed by atoms with E-state index in [4.69, 9.17) is 34.4 Å². The predicted octanol–water partition coefficient (Wildman–Crippen LogP) is -4.43. The Morgan fingerprint density at radius 2 is 1.10 bits per heavy atom. The van der Waals surface area contributed by atoms with Crippen LogP contribution in [0.25, 0.3) is 0 Å². The number of aliphatic imine (C=N–C) groups is 2. The number of nitrogens with zero attached hydrogens (tertiary/aromatic N) is 2. The minimum absolute atomic E-state index is 0.0224. The van der Waals surface area contributed by atoms with Crippen LogP contribution in [0.5, 0.6) is 5.75 Å². The van der Waals surface area contributed by atoms with Gasteiger partial charge >= 0.3 is 5.97 Å². The molecule has 59 heavy (non-hydrogen) atoms. The van der Waals surface area contributed by atoms with E-state index in [0.29, 0.717) is 12.0 Å². The highest BCUT2D eigenvalue weighted by Gasteiger charge is 2.34. The topological polar surface area (TPSA) is 421 Å². The van der Waals surface area contributed by atoms with E-state index in [0.717, 1.165) is 0 Å². The summed E-state index contributed by atoms with van der Waals surface area (Å²) in [6, 6.07) is -2.81. The molecule has 0 aliphatic heterocycles. The maximum absolute atomic E-state index is 13.9. The smallest absolute Gasteiger partial charge is 0.326 e. The van der Waals surface area contributed by atoms with Crippen molar-refractivity contribution in [2.75, 3.05) is 13.1 Å². The van der Waals surface area contributed by atoms with Crippen LogP contribution in [-0.2, 0) is 40.0 Å². The van der Waals surface area contributed by atoms with Crippen molar-refractivity contribution in [3.8, 4) is 5.75 Å². The van der Waals surface area contributed by atoms with Crippen molar-refractivity contribution >= 4 is 53.3 Å². The van der Waals surface area contributed by atoms with Crippen LogP contribution in [0.2, 0.25) is 0 Å². The van der Waals surface area contributed by atoms with Crippen LogP contribution < -0.4 is 61.0 Å². The molecule has 0 heterocycles. The number of carbonyl (C=O) groups is 7. The van der Waals surface area contributed by atoms with Crippen molar-refractivity contribution in [3.63, 3.8) is 0 Å². The Morgan fingerprint density at radius 3 is 1.51 bits per heavy atom. The zero-order valence-electron chi connectivity index (χ0n) is 33.6. The first-order valence-corrected chi connectivity index (χ1v) is 19.0. The Morgan fingerprint density at radius 1 is 0.661 bits per heavy atom. The summed E-state index contributed by atoms with van der Waals surface area (Å²) in [6.07, 6.45) is -1.87. The quantitative estimate of drug-likeness (QED) is 0.0226. The minimum atomic E-state index is -1.55. The van der Waals surface area contributed by atoms with Gasteiger partial charge in [-0.15, -0.1) is 0 Å². The number of aromatic hydroxyl groups is 1. The number of benzene rings is 1. The molecule has 0 aliphatic carbocycles. The van der Waals surface area contributed by atoms with E-state index in [-0.39, 0.29) is 75.2 Å². The fourth-order valence-corrected chi connectivity index (χ4v) is 5.41. The molecule has 20 N–H and O–H groups in total. The number of aliphatic carboxylic acids is 1. The summed E-state index contributed by atoms with van der Waals surface area (Å²) in [5, 5.41) is 42.1. The number of rotatable bonds is 27. The molecule has 0 radical (unpaired) electrons. The maximum Gasteiger partial charge on any atom is 0.326 e. The van der Waals surface area contributed by atoms with E-state index >= 15 is 0 Å².